The molecule has 1 atom stereocenters. The number of nitrogens with zero attached hydrogens (tertiary/aromatic N) is 1. The summed E-state index contributed by atoms with van der Waals surface area (Å²) in [6.45, 7) is 4.42. The number of hydrogen-bond acceptors (Lipinski definition) is 3. The van der Waals surface area contributed by atoms with Crippen LogP contribution in [0.25, 0.3) is 0 Å². The first-order valence-electron chi connectivity index (χ1n) is 6.19. The normalized spacial score (nSPS) is 12.2. The van der Waals surface area contributed by atoms with Crippen molar-refractivity contribution in [2.24, 2.45) is 5.92 Å². The number of carbonyl (C=O) groups is 1. The van der Waals surface area contributed by atoms with Gasteiger partial charge in [0.2, 0.25) is 0 Å². The van der Waals surface area contributed by atoms with Crippen LogP contribution in [0, 0.1) is 5.92 Å². The van der Waals surface area contributed by atoms with E-state index in [2.05, 4.69) is 13.8 Å². The number of hydrogen-bond donors (Lipinski definition) is 1. The van der Waals surface area contributed by atoms with Gasteiger partial charge in [0.15, 0.2) is 0 Å². The van der Waals surface area contributed by atoms with Gasteiger partial charge in [0, 0.05) is 36.0 Å². The second kappa shape index (κ2) is 6.69. The van der Waals surface area contributed by atoms with Crippen LogP contribution in [0.2, 0.25) is 0 Å². The molecule has 0 aliphatic rings. The molecular formula is C14H22N2OS. The number of carbonyl (C=O) groups excluding carboxylic acids is 1. The Hall–Kier alpha value is -1.16. The van der Waals surface area contributed by atoms with Crippen LogP contribution in [-0.2, 0) is 0 Å². The lowest BCUT2D eigenvalue weighted by atomic mass is 10.2. The quantitative estimate of drug-likeness (QED) is 0.658. The molecule has 1 rings (SSSR count). The van der Waals surface area contributed by atoms with E-state index < -0.39 is 0 Å². The Labute approximate surface area is 114 Å². The fraction of sp³-hybridized carbons (Fsp3) is 0.500. The molecule has 0 spiro atoms. The van der Waals surface area contributed by atoms with E-state index in [1.807, 2.05) is 12.1 Å². The lowest BCUT2D eigenvalue weighted by Gasteiger charge is -2.13. The maximum absolute atomic E-state index is 11.8. The molecule has 0 radical (unpaired) electrons. The van der Waals surface area contributed by atoms with Gasteiger partial charge in [-0.1, -0.05) is 20.3 Å². The zero-order chi connectivity index (χ0) is 13.7. The van der Waals surface area contributed by atoms with Gasteiger partial charge >= 0.3 is 0 Å². The third kappa shape index (κ3) is 3.95. The fourth-order valence-corrected chi connectivity index (χ4v) is 2.51. The van der Waals surface area contributed by atoms with Crippen LogP contribution >= 0.6 is 11.8 Å². The van der Waals surface area contributed by atoms with E-state index in [0.717, 1.165) is 10.6 Å². The van der Waals surface area contributed by atoms with E-state index >= 15 is 0 Å². The molecule has 0 heterocycles. The van der Waals surface area contributed by atoms with Crippen molar-refractivity contribution in [2.75, 3.05) is 25.6 Å². The predicted molar refractivity (Wildman–Crippen MR) is 79.1 cm³/mol. The summed E-state index contributed by atoms with van der Waals surface area (Å²) in [5, 5.41) is 0. The topological polar surface area (TPSA) is 46.3 Å². The first-order valence-corrected chi connectivity index (χ1v) is 7.18. The Morgan fingerprint density at radius 1 is 1.44 bits per heavy atom. The number of nitrogen functional groups attached to an aromatic ring is 1. The highest BCUT2D eigenvalue weighted by molar-refractivity contribution is 7.99. The molecule has 1 unspecified atom stereocenters. The molecule has 0 aromatic heterocycles. The monoisotopic (exact) mass is 266 g/mol. The average molecular weight is 266 g/mol. The predicted octanol–water partition coefficient (Wildman–Crippen LogP) is 3.11. The third-order valence-electron chi connectivity index (χ3n) is 2.88. The van der Waals surface area contributed by atoms with Gasteiger partial charge in [0.05, 0.1) is 0 Å². The zero-order valence-corrected chi connectivity index (χ0v) is 12.4. The van der Waals surface area contributed by atoms with Crippen LogP contribution < -0.4 is 5.73 Å². The molecule has 2 N–H and O–H groups in total. The summed E-state index contributed by atoms with van der Waals surface area (Å²) in [7, 11) is 3.48. The molecule has 0 saturated carbocycles. The van der Waals surface area contributed by atoms with Gasteiger partial charge in [-0.25, -0.2) is 0 Å². The highest BCUT2D eigenvalue weighted by Crippen LogP contribution is 2.28. The van der Waals surface area contributed by atoms with Gasteiger partial charge in [-0.2, -0.15) is 0 Å². The Morgan fingerprint density at radius 2 is 2.11 bits per heavy atom. The molecule has 0 fully saturated rings. The molecule has 4 heteroatoms. The van der Waals surface area contributed by atoms with Crippen molar-refractivity contribution in [1.29, 1.82) is 0 Å². The number of thioether (sulfide) groups is 1. The molecule has 0 saturated heterocycles. The van der Waals surface area contributed by atoms with Crippen LogP contribution in [0.1, 0.15) is 30.6 Å². The smallest absolute Gasteiger partial charge is 0.253 e. The Kier molecular flexibility index (Phi) is 5.54. The van der Waals surface area contributed by atoms with Gasteiger partial charge in [-0.15, -0.1) is 11.8 Å². The number of amides is 1. The largest absolute Gasteiger partial charge is 0.398 e. The van der Waals surface area contributed by atoms with E-state index in [-0.39, 0.29) is 5.91 Å². The number of anilines is 1. The highest BCUT2D eigenvalue weighted by Gasteiger charge is 2.10. The second-order valence-electron chi connectivity index (χ2n) is 4.78. The summed E-state index contributed by atoms with van der Waals surface area (Å²) >= 11 is 1.76. The zero-order valence-electron chi connectivity index (χ0n) is 11.6. The molecule has 1 amide bonds. The summed E-state index contributed by atoms with van der Waals surface area (Å²) in [6.07, 6.45) is 1.17. The van der Waals surface area contributed by atoms with Crippen molar-refractivity contribution >= 4 is 23.4 Å². The maximum Gasteiger partial charge on any atom is 0.253 e. The van der Waals surface area contributed by atoms with Gasteiger partial charge in [-0.05, 0) is 24.1 Å². The van der Waals surface area contributed by atoms with Gasteiger partial charge in [0.25, 0.3) is 5.91 Å². The van der Waals surface area contributed by atoms with Crippen LogP contribution in [0.5, 0.6) is 0 Å². The molecule has 100 valence electrons. The molecule has 18 heavy (non-hydrogen) atoms. The number of rotatable bonds is 5. The fourth-order valence-electron chi connectivity index (χ4n) is 1.42. The summed E-state index contributed by atoms with van der Waals surface area (Å²) in [5.74, 6) is 1.72. The molecular weight excluding hydrogens is 244 g/mol. The van der Waals surface area contributed by atoms with Crippen molar-refractivity contribution < 1.29 is 4.79 Å². The van der Waals surface area contributed by atoms with Gasteiger partial charge in [0.1, 0.15) is 0 Å². The molecule has 1 aromatic rings. The summed E-state index contributed by atoms with van der Waals surface area (Å²) in [6, 6.07) is 5.55. The highest BCUT2D eigenvalue weighted by atomic mass is 32.2. The molecule has 1 aromatic carbocycles. The van der Waals surface area contributed by atoms with Crippen molar-refractivity contribution in [2.45, 2.75) is 25.2 Å². The molecule has 0 bridgehead atoms. The van der Waals surface area contributed by atoms with Crippen LogP contribution in [-0.4, -0.2) is 30.7 Å². The Morgan fingerprint density at radius 3 is 2.61 bits per heavy atom. The van der Waals surface area contributed by atoms with Gasteiger partial charge in [-0.3, -0.25) is 4.79 Å². The lowest BCUT2D eigenvalue weighted by molar-refractivity contribution is 0.0827. The molecule has 0 aliphatic heterocycles. The van der Waals surface area contributed by atoms with Crippen LogP contribution in [0.3, 0.4) is 0 Å². The SMILES string of the molecule is CCC(C)CSc1ccc(C(=O)N(C)C)cc1N. The van der Waals surface area contributed by atoms with Crippen molar-refractivity contribution in [3.05, 3.63) is 23.8 Å². The maximum atomic E-state index is 11.8. The summed E-state index contributed by atoms with van der Waals surface area (Å²) < 4.78 is 0. The lowest BCUT2D eigenvalue weighted by Crippen LogP contribution is -2.21. The standard InChI is InChI=1S/C14H22N2OS/c1-5-10(2)9-18-13-7-6-11(8-12(13)15)14(17)16(3)4/h6-8,10H,5,9,15H2,1-4H3. The van der Waals surface area contributed by atoms with E-state index in [9.17, 15) is 4.79 Å². The first kappa shape index (κ1) is 14.9. The molecule has 0 aliphatic carbocycles. The van der Waals surface area contributed by atoms with Crippen LogP contribution in [0.15, 0.2) is 23.1 Å². The Balaban J connectivity index is 2.77. The number of benzene rings is 1. The van der Waals surface area contributed by atoms with Gasteiger partial charge < -0.3 is 10.6 Å². The van der Waals surface area contributed by atoms with Crippen molar-refractivity contribution in [3.8, 4) is 0 Å². The average Bonchev–Trinajstić information content (AvgIpc) is 2.35. The minimum atomic E-state index is -0.0137. The minimum Gasteiger partial charge on any atom is -0.398 e. The number of nitrogens with two attached hydrogens (primary N) is 1. The van der Waals surface area contributed by atoms with E-state index in [0.29, 0.717) is 17.2 Å². The van der Waals surface area contributed by atoms with Crippen molar-refractivity contribution in [3.63, 3.8) is 0 Å². The molecule has 3 nitrogen and oxygen atoms in total. The van der Waals surface area contributed by atoms with E-state index in [1.54, 1.807) is 36.8 Å². The first-order chi connectivity index (χ1) is 8.45. The van der Waals surface area contributed by atoms with Crippen molar-refractivity contribution in [1.82, 2.24) is 4.90 Å². The second-order valence-corrected chi connectivity index (χ2v) is 5.84. The van der Waals surface area contributed by atoms with E-state index in [4.69, 9.17) is 5.73 Å². The van der Waals surface area contributed by atoms with Crippen LogP contribution in [0.4, 0.5) is 5.69 Å². The minimum absolute atomic E-state index is 0.0137. The summed E-state index contributed by atoms with van der Waals surface area (Å²) in [5.41, 5.74) is 7.33. The van der Waals surface area contributed by atoms with E-state index in [1.165, 1.54) is 6.42 Å². The summed E-state index contributed by atoms with van der Waals surface area (Å²) in [4.78, 5) is 14.4. The Bertz CT molecular complexity index is 418. The third-order valence-corrected chi connectivity index (χ3v) is 4.30.